The summed E-state index contributed by atoms with van der Waals surface area (Å²) in [6.07, 6.45) is 3.72. The van der Waals surface area contributed by atoms with Gasteiger partial charge in [-0.2, -0.15) is 4.31 Å². The van der Waals surface area contributed by atoms with Crippen molar-refractivity contribution >= 4 is 21.6 Å². The van der Waals surface area contributed by atoms with Crippen molar-refractivity contribution in [2.24, 2.45) is 0 Å². The van der Waals surface area contributed by atoms with Crippen LogP contribution in [0.15, 0.2) is 23.1 Å². The zero-order valence-electron chi connectivity index (χ0n) is 11.6. The molecular formula is C14H20ClNO3S. The summed E-state index contributed by atoms with van der Waals surface area (Å²) in [4.78, 5) is 0.181. The Hall–Kier alpha value is -0.780. The first kappa shape index (κ1) is 15.6. The van der Waals surface area contributed by atoms with Crippen LogP contribution in [0, 0.1) is 0 Å². The second-order valence-corrected chi connectivity index (χ2v) is 7.25. The van der Waals surface area contributed by atoms with E-state index in [1.807, 2.05) is 6.92 Å². The summed E-state index contributed by atoms with van der Waals surface area (Å²) in [5, 5.41) is 0.407. The Morgan fingerprint density at radius 2 is 1.95 bits per heavy atom. The molecule has 0 N–H and O–H groups in total. The number of ether oxygens (including phenoxy) is 1. The predicted octanol–water partition coefficient (Wildman–Crippen LogP) is 3.30. The quantitative estimate of drug-likeness (QED) is 0.837. The summed E-state index contributed by atoms with van der Waals surface area (Å²) in [7, 11) is -3.52. The summed E-state index contributed by atoms with van der Waals surface area (Å²) in [6, 6.07) is 4.77. The van der Waals surface area contributed by atoms with E-state index < -0.39 is 10.0 Å². The Balaban J connectivity index is 2.35. The standard InChI is InChI=1S/C14H20ClNO3S/c1-2-10-19-13-7-6-12(15)11-14(13)20(17,18)16-8-4-3-5-9-16/h6-7,11H,2-5,8-10H2,1H3. The topological polar surface area (TPSA) is 46.6 Å². The molecule has 0 bridgehead atoms. The lowest BCUT2D eigenvalue weighted by Crippen LogP contribution is -2.35. The van der Waals surface area contributed by atoms with Gasteiger partial charge in [-0.05, 0) is 37.5 Å². The number of benzene rings is 1. The highest BCUT2D eigenvalue weighted by molar-refractivity contribution is 7.89. The normalized spacial score (nSPS) is 17.1. The highest BCUT2D eigenvalue weighted by Crippen LogP contribution is 2.31. The Morgan fingerprint density at radius 3 is 2.60 bits per heavy atom. The van der Waals surface area contributed by atoms with Crippen LogP contribution in [0.5, 0.6) is 5.75 Å². The first-order valence-electron chi connectivity index (χ1n) is 6.98. The van der Waals surface area contributed by atoms with Crippen molar-refractivity contribution in [2.75, 3.05) is 19.7 Å². The van der Waals surface area contributed by atoms with Crippen LogP contribution in [0.25, 0.3) is 0 Å². The first-order valence-corrected chi connectivity index (χ1v) is 8.80. The Bertz CT molecular complexity index is 554. The van der Waals surface area contributed by atoms with Crippen molar-refractivity contribution in [3.05, 3.63) is 23.2 Å². The summed E-state index contributed by atoms with van der Waals surface area (Å²) in [5.41, 5.74) is 0. The van der Waals surface area contributed by atoms with Crippen LogP contribution < -0.4 is 4.74 Å². The fraction of sp³-hybridized carbons (Fsp3) is 0.571. The highest BCUT2D eigenvalue weighted by Gasteiger charge is 2.29. The van der Waals surface area contributed by atoms with Crippen molar-refractivity contribution in [3.63, 3.8) is 0 Å². The number of hydrogen-bond donors (Lipinski definition) is 0. The van der Waals surface area contributed by atoms with Crippen LogP contribution in [0.3, 0.4) is 0 Å². The minimum Gasteiger partial charge on any atom is -0.492 e. The molecule has 0 aromatic heterocycles. The molecule has 20 heavy (non-hydrogen) atoms. The molecule has 1 aromatic rings. The molecule has 0 spiro atoms. The molecule has 0 radical (unpaired) electrons. The maximum Gasteiger partial charge on any atom is 0.246 e. The smallest absolute Gasteiger partial charge is 0.246 e. The molecular weight excluding hydrogens is 298 g/mol. The summed E-state index contributed by atoms with van der Waals surface area (Å²) in [5.74, 6) is 0.391. The van der Waals surface area contributed by atoms with Gasteiger partial charge < -0.3 is 4.74 Å². The van der Waals surface area contributed by atoms with E-state index in [4.69, 9.17) is 16.3 Å². The molecule has 0 saturated carbocycles. The van der Waals surface area contributed by atoms with Gasteiger partial charge in [-0.15, -0.1) is 0 Å². The fourth-order valence-corrected chi connectivity index (χ4v) is 4.17. The maximum absolute atomic E-state index is 12.7. The molecule has 4 nitrogen and oxygen atoms in total. The van der Waals surface area contributed by atoms with Crippen molar-refractivity contribution in [3.8, 4) is 5.75 Å². The van der Waals surface area contributed by atoms with Crippen molar-refractivity contribution in [1.29, 1.82) is 0 Å². The SMILES string of the molecule is CCCOc1ccc(Cl)cc1S(=O)(=O)N1CCCCC1. The second-order valence-electron chi connectivity index (χ2n) is 4.90. The zero-order chi connectivity index (χ0) is 14.6. The molecule has 0 atom stereocenters. The van der Waals surface area contributed by atoms with Crippen molar-refractivity contribution in [1.82, 2.24) is 4.31 Å². The summed E-state index contributed by atoms with van der Waals surface area (Å²) >= 11 is 5.96. The average molecular weight is 318 g/mol. The number of nitrogens with zero attached hydrogens (tertiary/aromatic N) is 1. The van der Waals surface area contributed by atoms with Crippen LogP contribution in [-0.4, -0.2) is 32.4 Å². The Labute approximate surface area is 125 Å². The van der Waals surface area contributed by atoms with Gasteiger partial charge in [0.15, 0.2) is 0 Å². The largest absolute Gasteiger partial charge is 0.492 e. The minimum absolute atomic E-state index is 0.181. The number of hydrogen-bond acceptors (Lipinski definition) is 3. The van der Waals surface area contributed by atoms with Crippen molar-refractivity contribution in [2.45, 2.75) is 37.5 Å². The molecule has 2 rings (SSSR count). The summed E-state index contributed by atoms with van der Waals surface area (Å²) in [6.45, 7) is 3.61. The molecule has 1 aromatic carbocycles. The average Bonchev–Trinajstić information content (AvgIpc) is 2.47. The highest BCUT2D eigenvalue weighted by atomic mass is 35.5. The van der Waals surface area contributed by atoms with Crippen LogP contribution in [0.4, 0.5) is 0 Å². The number of rotatable bonds is 5. The van der Waals surface area contributed by atoms with Gasteiger partial charge >= 0.3 is 0 Å². The third kappa shape index (κ3) is 3.45. The molecule has 1 aliphatic rings. The lowest BCUT2D eigenvalue weighted by Gasteiger charge is -2.26. The minimum atomic E-state index is -3.52. The van der Waals surface area contributed by atoms with Gasteiger partial charge in [0.25, 0.3) is 0 Å². The number of sulfonamides is 1. The third-order valence-corrected chi connectivity index (χ3v) is 5.46. The van der Waals surface area contributed by atoms with Gasteiger partial charge in [0, 0.05) is 18.1 Å². The monoisotopic (exact) mass is 317 g/mol. The van der Waals surface area contributed by atoms with E-state index in [0.717, 1.165) is 25.7 Å². The van der Waals surface area contributed by atoms with E-state index in [1.165, 1.54) is 10.4 Å². The third-order valence-electron chi connectivity index (χ3n) is 3.30. The van der Waals surface area contributed by atoms with E-state index in [-0.39, 0.29) is 4.90 Å². The molecule has 0 unspecified atom stereocenters. The predicted molar refractivity (Wildman–Crippen MR) is 79.8 cm³/mol. The van der Waals surface area contributed by atoms with Crippen molar-refractivity contribution < 1.29 is 13.2 Å². The van der Waals surface area contributed by atoms with Gasteiger partial charge in [-0.25, -0.2) is 8.42 Å². The molecule has 0 amide bonds. The second kappa shape index (κ2) is 6.78. The molecule has 1 fully saturated rings. The Kier molecular flexibility index (Phi) is 5.29. The van der Waals surface area contributed by atoms with E-state index in [0.29, 0.717) is 30.5 Å². The van der Waals surface area contributed by atoms with Crippen LogP contribution in [0.2, 0.25) is 5.02 Å². The number of halogens is 1. The van der Waals surface area contributed by atoms with E-state index in [1.54, 1.807) is 12.1 Å². The van der Waals surface area contributed by atoms with E-state index in [9.17, 15) is 8.42 Å². The fourth-order valence-electron chi connectivity index (χ4n) is 2.26. The lowest BCUT2D eigenvalue weighted by atomic mass is 10.2. The van der Waals surface area contributed by atoms with Gasteiger partial charge in [0.05, 0.1) is 6.61 Å². The van der Waals surface area contributed by atoms with Crippen LogP contribution >= 0.6 is 11.6 Å². The van der Waals surface area contributed by atoms with Gasteiger partial charge in [-0.3, -0.25) is 0 Å². The first-order chi connectivity index (χ1) is 9.55. The van der Waals surface area contributed by atoms with Gasteiger partial charge in [0.2, 0.25) is 10.0 Å². The molecule has 1 aliphatic heterocycles. The molecule has 0 aliphatic carbocycles. The maximum atomic E-state index is 12.7. The van der Waals surface area contributed by atoms with Crippen LogP contribution in [-0.2, 0) is 10.0 Å². The zero-order valence-corrected chi connectivity index (χ0v) is 13.2. The lowest BCUT2D eigenvalue weighted by molar-refractivity contribution is 0.305. The molecule has 1 heterocycles. The Morgan fingerprint density at radius 1 is 1.25 bits per heavy atom. The molecule has 112 valence electrons. The summed E-state index contributed by atoms with van der Waals surface area (Å²) < 4.78 is 32.5. The molecule has 6 heteroatoms. The number of piperidine rings is 1. The van der Waals surface area contributed by atoms with E-state index in [2.05, 4.69) is 0 Å². The van der Waals surface area contributed by atoms with Gasteiger partial charge in [-0.1, -0.05) is 24.9 Å². The molecule has 1 saturated heterocycles. The van der Waals surface area contributed by atoms with Crippen LogP contribution in [0.1, 0.15) is 32.6 Å². The van der Waals surface area contributed by atoms with Gasteiger partial charge in [0.1, 0.15) is 10.6 Å². The van der Waals surface area contributed by atoms with E-state index >= 15 is 0 Å².